The number of nitrogens with one attached hydrogen (secondary N) is 1. The fourth-order valence-electron chi connectivity index (χ4n) is 1.41. The fourth-order valence-corrected chi connectivity index (χ4v) is 3.39. The summed E-state index contributed by atoms with van der Waals surface area (Å²) in [5.41, 5.74) is 1.14. The molecule has 1 aromatic carbocycles. The van der Waals surface area contributed by atoms with Gasteiger partial charge in [-0.15, -0.1) is 11.3 Å². The van der Waals surface area contributed by atoms with Crippen LogP contribution in [0.4, 0.5) is 14.5 Å². The summed E-state index contributed by atoms with van der Waals surface area (Å²) in [5.74, 6) is -2.21. The number of thioether (sulfide) groups is 1. The first-order valence-corrected chi connectivity index (χ1v) is 7.56. The Hall–Kier alpha value is -1.47. The van der Waals surface area contributed by atoms with Gasteiger partial charge < -0.3 is 5.32 Å². The van der Waals surface area contributed by atoms with E-state index in [0.29, 0.717) is 0 Å². The lowest BCUT2D eigenvalue weighted by Gasteiger charge is -2.10. The predicted octanol–water partition coefficient (Wildman–Crippen LogP) is 3.85. The molecule has 1 N–H and O–H groups in total. The van der Waals surface area contributed by atoms with Crippen molar-refractivity contribution < 1.29 is 13.6 Å². The van der Waals surface area contributed by atoms with Crippen molar-refractivity contribution in [2.24, 2.45) is 0 Å². The van der Waals surface area contributed by atoms with Gasteiger partial charge in [0, 0.05) is 22.8 Å². The maximum absolute atomic E-state index is 13.0. The summed E-state index contributed by atoms with van der Waals surface area (Å²) in [4.78, 5) is 16.2. The molecule has 0 bridgehead atoms. The molecule has 2 aromatic rings. The third-order valence-electron chi connectivity index (χ3n) is 2.43. The van der Waals surface area contributed by atoms with Gasteiger partial charge in [0.2, 0.25) is 5.91 Å². The van der Waals surface area contributed by atoms with Crippen LogP contribution in [-0.2, 0) is 4.79 Å². The highest BCUT2D eigenvalue weighted by Crippen LogP contribution is 2.27. The highest BCUT2D eigenvalue weighted by molar-refractivity contribution is 8.02. The Morgan fingerprint density at radius 2 is 2.15 bits per heavy atom. The third-order valence-corrected chi connectivity index (χ3v) is 4.62. The van der Waals surface area contributed by atoms with Gasteiger partial charge >= 0.3 is 0 Å². The molecule has 20 heavy (non-hydrogen) atoms. The van der Waals surface area contributed by atoms with Crippen molar-refractivity contribution in [2.75, 3.05) is 5.32 Å². The van der Waals surface area contributed by atoms with Gasteiger partial charge in [0.25, 0.3) is 0 Å². The standard InChI is InChI=1S/C13H12F2N2OS2/c1-7-6-19-13(16-7)20-8(2)12(18)17-9-3-4-10(14)11(15)5-9/h3-6,8H,1-2H3,(H,17,18)/t8-/m1/s1. The summed E-state index contributed by atoms with van der Waals surface area (Å²) in [6.45, 7) is 3.61. The van der Waals surface area contributed by atoms with Crippen LogP contribution >= 0.6 is 23.1 Å². The van der Waals surface area contributed by atoms with Crippen molar-refractivity contribution in [1.82, 2.24) is 4.98 Å². The lowest BCUT2D eigenvalue weighted by atomic mass is 10.3. The summed E-state index contributed by atoms with van der Waals surface area (Å²) in [6.07, 6.45) is 0. The molecule has 3 nitrogen and oxygen atoms in total. The molecule has 1 aromatic heterocycles. The number of benzene rings is 1. The lowest BCUT2D eigenvalue weighted by molar-refractivity contribution is -0.115. The maximum atomic E-state index is 13.0. The summed E-state index contributed by atoms with van der Waals surface area (Å²) in [6, 6.07) is 3.26. The number of halogens is 2. The maximum Gasteiger partial charge on any atom is 0.237 e. The molecule has 0 radical (unpaired) electrons. The van der Waals surface area contributed by atoms with Gasteiger partial charge in [0.05, 0.1) is 5.25 Å². The molecule has 0 spiro atoms. The van der Waals surface area contributed by atoms with Crippen LogP contribution in [0.15, 0.2) is 27.9 Å². The number of rotatable bonds is 4. The largest absolute Gasteiger partial charge is 0.325 e. The van der Waals surface area contributed by atoms with E-state index in [9.17, 15) is 13.6 Å². The van der Waals surface area contributed by atoms with Crippen molar-refractivity contribution in [3.8, 4) is 0 Å². The zero-order chi connectivity index (χ0) is 14.7. The second kappa shape index (κ2) is 6.32. The predicted molar refractivity (Wildman–Crippen MR) is 77.2 cm³/mol. The van der Waals surface area contributed by atoms with Crippen LogP contribution in [0.5, 0.6) is 0 Å². The number of anilines is 1. The smallest absolute Gasteiger partial charge is 0.237 e. The van der Waals surface area contributed by atoms with E-state index >= 15 is 0 Å². The van der Waals surface area contributed by atoms with Gasteiger partial charge in [-0.05, 0) is 26.0 Å². The molecule has 2 rings (SSSR count). The second-order valence-corrected chi connectivity index (χ2v) is 6.58. The number of carbonyl (C=O) groups excluding carboxylic acids is 1. The lowest BCUT2D eigenvalue weighted by Crippen LogP contribution is -2.22. The van der Waals surface area contributed by atoms with E-state index in [1.54, 1.807) is 6.92 Å². The van der Waals surface area contributed by atoms with E-state index in [0.717, 1.165) is 22.2 Å². The number of thiazole rings is 1. The van der Waals surface area contributed by atoms with Crippen LogP contribution in [-0.4, -0.2) is 16.1 Å². The van der Waals surface area contributed by atoms with Crippen LogP contribution in [0.25, 0.3) is 0 Å². The van der Waals surface area contributed by atoms with Crippen LogP contribution in [0, 0.1) is 18.6 Å². The fraction of sp³-hybridized carbons (Fsp3) is 0.231. The molecule has 0 aliphatic carbocycles. The number of nitrogens with zero attached hydrogens (tertiary/aromatic N) is 1. The van der Waals surface area contributed by atoms with Crippen molar-refractivity contribution in [2.45, 2.75) is 23.4 Å². The molecular weight excluding hydrogens is 302 g/mol. The molecule has 0 aliphatic heterocycles. The molecule has 0 saturated carbocycles. The minimum atomic E-state index is -0.987. The quantitative estimate of drug-likeness (QED) is 0.872. The van der Waals surface area contributed by atoms with Crippen LogP contribution in [0.2, 0.25) is 0 Å². The molecule has 0 aliphatic rings. The first-order valence-electron chi connectivity index (χ1n) is 5.80. The van der Waals surface area contributed by atoms with E-state index in [1.807, 2.05) is 12.3 Å². The molecule has 106 valence electrons. The SMILES string of the molecule is Cc1csc(S[C@H](C)C(=O)Nc2ccc(F)c(F)c2)n1. The van der Waals surface area contributed by atoms with Gasteiger partial charge in [-0.25, -0.2) is 13.8 Å². The average Bonchev–Trinajstić information content (AvgIpc) is 2.79. The van der Waals surface area contributed by atoms with Crippen molar-refractivity contribution in [1.29, 1.82) is 0 Å². The Morgan fingerprint density at radius 1 is 1.40 bits per heavy atom. The number of carbonyl (C=O) groups is 1. The second-order valence-electron chi connectivity index (χ2n) is 4.13. The van der Waals surface area contributed by atoms with Crippen molar-refractivity contribution in [3.05, 3.63) is 40.9 Å². The number of hydrogen-bond donors (Lipinski definition) is 1. The molecule has 0 unspecified atom stereocenters. The summed E-state index contributed by atoms with van der Waals surface area (Å²) in [7, 11) is 0. The Bertz CT molecular complexity index is 631. The van der Waals surface area contributed by atoms with E-state index in [2.05, 4.69) is 10.3 Å². The molecule has 0 fully saturated rings. The van der Waals surface area contributed by atoms with Crippen LogP contribution < -0.4 is 5.32 Å². The number of hydrogen-bond acceptors (Lipinski definition) is 4. The highest BCUT2D eigenvalue weighted by atomic mass is 32.2. The molecule has 7 heteroatoms. The molecule has 1 atom stereocenters. The number of amides is 1. The Morgan fingerprint density at radius 3 is 2.75 bits per heavy atom. The van der Waals surface area contributed by atoms with Gasteiger partial charge in [-0.3, -0.25) is 4.79 Å². The minimum absolute atomic E-state index is 0.233. The Kier molecular flexibility index (Phi) is 4.72. The van der Waals surface area contributed by atoms with E-state index in [-0.39, 0.29) is 16.8 Å². The van der Waals surface area contributed by atoms with E-state index in [1.165, 1.54) is 29.2 Å². The summed E-state index contributed by atoms with van der Waals surface area (Å²) >= 11 is 2.79. The zero-order valence-corrected chi connectivity index (χ0v) is 12.4. The van der Waals surface area contributed by atoms with Gasteiger partial charge in [0.15, 0.2) is 16.0 Å². The van der Waals surface area contributed by atoms with Gasteiger partial charge in [0.1, 0.15) is 0 Å². The summed E-state index contributed by atoms with van der Waals surface area (Å²) in [5, 5.41) is 4.07. The normalized spacial score (nSPS) is 12.2. The summed E-state index contributed by atoms with van der Waals surface area (Å²) < 4.78 is 26.6. The Balaban J connectivity index is 1.98. The van der Waals surface area contributed by atoms with Gasteiger partial charge in [-0.2, -0.15) is 0 Å². The third kappa shape index (κ3) is 3.77. The minimum Gasteiger partial charge on any atom is -0.325 e. The molecule has 1 heterocycles. The topological polar surface area (TPSA) is 42.0 Å². The van der Waals surface area contributed by atoms with Crippen LogP contribution in [0.1, 0.15) is 12.6 Å². The average molecular weight is 314 g/mol. The number of aromatic nitrogens is 1. The van der Waals surface area contributed by atoms with Crippen molar-refractivity contribution in [3.63, 3.8) is 0 Å². The zero-order valence-electron chi connectivity index (χ0n) is 10.8. The molecule has 1 amide bonds. The highest BCUT2D eigenvalue weighted by Gasteiger charge is 2.16. The Labute approximate surface area is 123 Å². The molecular formula is C13H12F2N2OS2. The number of aryl methyl sites for hydroxylation is 1. The van der Waals surface area contributed by atoms with E-state index in [4.69, 9.17) is 0 Å². The van der Waals surface area contributed by atoms with Crippen LogP contribution in [0.3, 0.4) is 0 Å². The molecule has 0 saturated heterocycles. The van der Waals surface area contributed by atoms with Crippen molar-refractivity contribution >= 4 is 34.7 Å². The monoisotopic (exact) mass is 314 g/mol. The first kappa shape index (κ1) is 14.9. The first-order chi connectivity index (χ1) is 9.45. The van der Waals surface area contributed by atoms with E-state index < -0.39 is 11.6 Å². The van der Waals surface area contributed by atoms with Gasteiger partial charge in [-0.1, -0.05) is 11.8 Å².